The molecule has 2 aromatic rings. The van der Waals surface area contributed by atoms with Gasteiger partial charge < -0.3 is 25.3 Å². The first-order valence-corrected chi connectivity index (χ1v) is 7.38. The van der Waals surface area contributed by atoms with Gasteiger partial charge in [-0.1, -0.05) is 30.3 Å². The lowest BCUT2D eigenvalue weighted by molar-refractivity contribution is 0.0113. The topological polar surface area (TPSA) is 107 Å². The van der Waals surface area contributed by atoms with E-state index < -0.39 is 18.3 Å². The summed E-state index contributed by atoms with van der Waals surface area (Å²) in [7, 11) is 0. The number of ether oxygens (including phenoxy) is 1. The van der Waals surface area contributed by atoms with Crippen LogP contribution in [-0.4, -0.2) is 38.9 Å². The maximum Gasteiger partial charge on any atom is 0.407 e. The molecule has 0 aliphatic carbocycles. The van der Waals surface area contributed by atoms with Crippen molar-refractivity contribution in [2.24, 2.45) is 0 Å². The summed E-state index contributed by atoms with van der Waals surface area (Å²) in [4.78, 5) is 18.4. The lowest BCUT2D eigenvalue weighted by atomic mass is 10.1. The van der Waals surface area contributed by atoms with Gasteiger partial charge in [-0.3, -0.25) is 0 Å². The number of aryl methyl sites for hydroxylation is 1. The highest BCUT2D eigenvalue weighted by molar-refractivity contribution is 5.67. The highest BCUT2D eigenvalue weighted by Gasteiger charge is 2.20. The van der Waals surface area contributed by atoms with E-state index in [1.807, 2.05) is 30.3 Å². The fourth-order valence-corrected chi connectivity index (χ4v) is 2.05. The Morgan fingerprint density at radius 3 is 2.74 bits per heavy atom. The summed E-state index contributed by atoms with van der Waals surface area (Å²) in [5.41, 5.74) is 1.34. The number of carbonyl (C=O) groups excluding carboxylic acids is 1. The SMILES string of the molecule is Cc1ncc(C(O)C(O)CCNC(=O)OCc2ccccc2)[nH]1. The van der Waals surface area contributed by atoms with Gasteiger partial charge in [0.1, 0.15) is 18.5 Å². The highest BCUT2D eigenvalue weighted by Crippen LogP contribution is 2.16. The van der Waals surface area contributed by atoms with Crippen LogP contribution in [0.1, 0.15) is 29.6 Å². The number of nitrogens with zero attached hydrogens (tertiary/aromatic N) is 1. The van der Waals surface area contributed by atoms with Crippen molar-refractivity contribution in [1.82, 2.24) is 15.3 Å². The lowest BCUT2D eigenvalue weighted by Crippen LogP contribution is -2.29. The summed E-state index contributed by atoms with van der Waals surface area (Å²) in [6, 6.07) is 9.34. The fourth-order valence-electron chi connectivity index (χ4n) is 2.05. The van der Waals surface area contributed by atoms with Crippen molar-refractivity contribution in [3.63, 3.8) is 0 Å². The molecular weight excluding hydrogens is 298 g/mol. The van der Waals surface area contributed by atoms with Crippen molar-refractivity contribution in [3.05, 3.63) is 53.6 Å². The Labute approximate surface area is 134 Å². The van der Waals surface area contributed by atoms with Crippen molar-refractivity contribution < 1.29 is 19.7 Å². The number of hydrogen-bond donors (Lipinski definition) is 4. The van der Waals surface area contributed by atoms with Crippen molar-refractivity contribution in [1.29, 1.82) is 0 Å². The molecule has 1 aromatic heterocycles. The average Bonchev–Trinajstić information content (AvgIpc) is 2.99. The molecule has 7 nitrogen and oxygen atoms in total. The number of H-pyrrole nitrogens is 1. The number of benzene rings is 1. The molecule has 2 unspecified atom stereocenters. The molecule has 1 amide bonds. The van der Waals surface area contributed by atoms with Crippen LogP contribution in [-0.2, 0) is 11.3 Å². The first-order chi connectivity index (χ1) is 11.1. The van der Waals surface area contributed by atoms with E-state index in [1.54, 1.807) is 6.92 Å². The van der Waals surface area contributed by atoms with Gasteiger partial charge in [0, 0.05) is 6.54 Å². The van der Waals surface area contributed by atoms with Crippen LogP contribution < -0.4 is 5.32 Å². The first-order valence-electron chi connectivity index (χ1n) is 7.38. The van der Waals surface area contributed by atoms with Crippen LogP contribution in [0.4, 0.5) is 4.79 Å². The number of carbonyl (C=O) groups is 1. The van der Waals surface area contributed by atoms with Crippen LogP contribution in [0.25, 0.3) is 0 Å². The Morgan fingerprint density at radius 2 is 2.09 bits per heavy atom. The second-order valence-corrected chi connectivity index (χ2v) is 5.21. The van der Waals surface area contributed by atoms with Crippen molar-refractivity contribution >= 4 is 6.09 Å². The second kappa shape index (κ2) is 8.30. The number of aromatic nitrogens is 2. The molecule has 0 saturated heterocycles. The zero-order valence-corrected chi connectivity index (χ0v) is 12.9. The van der Waals surface area contributed by atoms with Crippen molar-refractivity contribution in [2.75, 3.05) is 6.54 Å². The van der Waals surface area contributed by atoms with E-state index in [-0.39, 0.29) is 19.6 Å². The van der Waals surface area contributed by atoms with Crippen LogP contribution in [0.2, 0.25) is 0 Å². The molecule has 0 saturated carbocycles. The van der Waals surface area contributed by atoms with Crippen LogP contribution >= 0.6 is 0 Å². The van der Waals surface area contributed by atoms with E-state index in [0.29, 0.717) is 11.5 Å². The Kier molecular flexibility index (Phi) is 6.13. The molecule has 0 fully saturated rings. The normalized spacial score (nSPS) is 13.3. The van der Waals surface area contributed by atoms with E-state index in [4.69, 9.17) is 4.74 Å². The quantitative estimate of drug-likeness (QED) is 0.617. The average molecular weight is 319 g/mol. The van der Waals surface area contributed by atoms with Crippen LogP contribution in [0.5, 0.6) is 0 Å². The molecule has 2 rings (SSSR count). The molecule has 0 aliphatic heterocycles. The number of hydrogen-bond acceptors (Lipinski definition) is 5. The third-order valence-corrected chi connectivity index (χ3v) is 3.33. The molecule has 124 valence electrons. The number of aliphatic hydroxyl groups excluding tert-OH is 2. The van der Waals surface area contributed by atoms with E-state index in [9.17, 15) is 15.0 Å². The van der Waals surface area contributed by atoms with Crippen molar-refractivity contribution in [3.8, 4) is 0 Å². The van der Waals surface area contributed by atoms with E-state index in [2.05, 4.69) is 15.3 Å². The number of nitrogens with one attached hydrogen (secondary N) is 2. The number of alkyl carbamates (subject to hydrolysis) is 1. The molecule has 0 aliphatic rings. The number of aromatic amines is 1. The van der Waals surface area contributed by atoms with Gasteiger partial charge in [-0.05, 0) is 18.9 Å². The van der Waals surface area contributed by atoms with Gasteiger partial charge in [0.05, 0.1) is 18.0 Å². The summed E-state index contributed by atoms with van der Waals surface area (Å²) >= 11 is 0. The predicted octanol–water partition coefficient (Wildman–Crippen LogP) is 1.43. The lowest BCUT2D eigenvalue weighted by Gasteiger charge is -2.16. The molecule has 23 heavy (non-hydrogen) atoms. The number of rotatable bonds is 7. The van der Waals surface area contributed by atoms with Crippen LogP contribution in [0.3, 0.4) is 0 Å². The molecule has 7 heteroatoms. The van der Waals surface area contributed by atoms with Crippen LogP contribution in [0, 0.1) is 6.92 Å². The molecule has 2 atom stereocenters. The van der Waals surface area contributed by atoms with E-state index in [0.717, 1.165) is 5.56 Å². The van der Waals surface area contributed by atoms with Gasteiger partial charge in [-0.2, -0.15) is 0 Å². The Balaban J connectivity index is 1.66. The van der Waals surface area contributed by atoms with Gasteiger partial charge in [0.25, 0.3) is 0 Å². The first kappa shape index (κ1) is 17.0. The molecule has 1 aromatic carbocycles. The maximum absolute atomic E-state index is 11.5. The van der Waals surface area contributed by atoms with Crippen LogP contribution in [0.15, 0.2) is 36.5 Å². The maximum atomic E-state index is 11.5. The molecule has 0 spiro atoms. The molecule has 0 bridgehead atoms. The van der Waals surface area contributed by atoms with Gasteiger partial charge in [-0.15, -0.1) is 0 Å². The third-order valence-electron chi connectivity index (χ3n) is 3.33. The van der Waals surface area contributed by atoms with E-state index >= 15 is 0 Å². The fraction of sp³-hybridized carbons (Fsp3) is 0.375. The zero-order chi connectivity index (χ0) is 16.7. The molecule has 4 N–H and O–H groups in total. The standard InChI is InChI=1S/C16H21N3O4/c1-11-18-9-13(19-11)15(21)14(20)7-8-17-16(22)23-10-12-5-3-2-4-6-12/h2-6,9,14-15,20-21H,7-8,10H2,1H3,(H,17,22)(H,18,19). The van der Waals surface area contributed by atoms with Crippen molar-refractivity contribution in [2.45, 2.75) is 32.2 Å². The smallest absolute Gasteiger partial charge is 0.407 e. The molecular formula is C16H21N3O4. The number of aliphatic hydroxyl groups is 2. The summed E-state index contributed by atoms with van der Waals surface area (Å²) in [5, 5.41) is 22.4. The zero-order valence-electron chi connectivity index (χ0n) is 12.9. The largest absolute Gasteiger partial charge is 0.445 e. The van der Waals surface area contributed by atoms with E-state index in [1.165, 1.54) is 6.20 Å². The summed E-state index contributed by atoms with van der Waals surface area (Å²) in [6.45, 7) is 2.14. The summed E-state index contributed by atoms with van der Waals surface area (Å²) in [5.74, 6) is 0.661. The third kappa shape index (κ3) is 5.39. The Morgan fingerprint density at radius 1 is 1.35 bits per heavy atom. The number of amides is 1. The number of imidazole rings is 1. The molecule has 1 heterocycles. The minimum atomic E-state index is -1.07. The highest BCUT2D eigenvalue weighted by atomic mass is 16.5. The summed E-state index contributed by atoms with van der Waals surface area (Å²) in [6.07, 6.45) is -0.972. The Bertz CT molecular complexity index is 615. The minimum Gasteiger partial charge on any atom is -0.445 e. The Hall–Kier alpha value is -2.38. The molecule has 0 radical (unpaired) electrons. The summed E-state index contributed by atoms with van der Waals surface area (Å²) < 4.78 is 5.05. The monoisotopic (exact) mass is 319 g/mol. The van der Waals surface area contributed by atoms with Gasteiger partial charge in [0.15, 0.2) is 0 Å². The van der Waals surface area contributed by atoms with Gasteiger partial charge in [0.2, 0.25) is 0 Å². The van der Waals surface area contributed by atoms with Gasteiger partial charge in [-0.25, -0.2) is 9.78 Å². The predicted molar refractivity (Wildman–Crippen MR) is 83.5 cm³/mol. The minimum absolute atomic E-state index is 0.186. The second-order valence-electron chi connectivity index (χ2n) is 5.21. The van der Waals surface area contributed by atoms with Gasteiger partial charge >= 0.3 is 6.09 Å².